The summed E-state index contributed by atoms with van der Waals surface area (Å²) in [5.41, 5.74) is 6.69. The van der Waals surface area contributed by atoms with Crippen LogP contribution in [0.1, 0.15) is 26.5 Å². The van der Waals surface area contributed by atoms with Crippen molar-refractivity contribution in [2.45, 2.75) is 31.3 Å². The highest BCUT2D eigenvalue weighted by molar-refractivity contribution is 7.98. The molecule has 0 saturated heterocycles. The minimum Gasteiger partial charge on any atom is -0.384 e. The molecule has 0 aliphatic carbocycles. The van der Waals surface area contributed by atoms with Gasteiger partial charge in [-0.25, -0.2) is 9.97 Å². The van der Waals surface area contributed by atoms with E-state index in [1.165, 1.54) is 11.8 Å². The molecule has 4 heteroatoms. The van der Waals surface area contributed by atoms with Gasteiger partial charge in [0.1, 0.15) is 5.82 Å². The fraction of sp³-hybridized carbons (Fsp3) is 0.556. The van der Waals surface area contributed by atoms with Gasteiger partial charge in [0.15, 0.2) is 5.16 Å². The Bertz CT molecular complexity index is 304. The highest BCUT2D eigenvalue weighted by Crippen LogP contribution is 2.23. The van der Waals surface area contributed by atoms with Gasteiger partial charge in [-0.3, -0.25) is 0 Å². The molecule has 0 amide bonds. The first-order valence-electron chi connectivity index (χ1n) is 4.12. The molecule has 0 fully saturated rings. The number of aromatic nitrogens is 2. The third kappa shape index (κ3) is 2.59. The zero-order valence-corrected chi connectivity index (χ0v) is 9.27. The average molecular weight is 197 g/mol. The second-order valence-corrected chi connectivity index (χ2v) is 4.69. The van der Waals surface area contributed by atoms with Crippen molar-refractivity contribution in [1.82, 2.24) is 9.97 Å². The summed E-state index contributed by atoms with van der Waals surface area (Å²) in [5.74, 6) is 0.546. The van der Waals surface area contributed by atoms with Gasteiger partial charge in [0.25, 0.3) is 0 Å². The average Bonchev–Trinajstić information content (AvgIpc) is 2.01. The zero-order chi connectivity index (χ0) is 10.1. The molecule has 2 N–H and O–H groups in total. The maximum Gasteiger partial charge on any atom is 0.189 e. The zero-order valence-electron chi connectivity index (χ0n) is 8.46. The van der Waals surface area contributed by atoms with Crippen LogP contribution >= 0.6 is 11.8 Å². The third-order valence-corrected chi connectivity index (χ3v) is 2.22. The predicted molar refractivity (Wildman–Crippen MR) is 56.9 cm³/mol. The maximum absolute atomic E-state index is 5.67. The molecule has 0 atom stereocenters. The van der Waals surface area contributed by atoms with E-state index in [2.05, 4.69) is 30.7 Å². The molecule has 0 aromatic carbocycles. The number of thioether (sulfide) groups is 1. The first-order chi connectivity index (χ1) is 5.93. The number of anilines is 1. The van der Waals surface area contributed by atoms with Gasteiger partial charge < -0.3 is 5.73 Å². The summed E-state index contributed by atoms with van der Waals surface area (Å²) >= 11 is 1.51. The Labute approximate surface area is 83.2 Å². The Morgan fingerprint density at radius 3 is 2.38 bits per heavy atom. The van der Waals surface area contributed by atoms with Gasteiger partial charge in [0, 0.05) is 11.5 Å². The van der Waals surface area contributed by atoms with Crippen molar-refractivity contribution < 1.29 is 0 Å². The molecule has 1 rings (SSSR count). The number of rotatable bonds is 1. The quantitative estimate of drug-likeness (QED) is 0.553. The second kappa shape index (κ2) is 3.54. The van der Waals surface area contributed by atoms with E-state index in [1.807, 2.05) is 12.3 Å². The summed E-state index contributed by atoms with van der Waals surface area (Å²) in [4.78, 5) is 8.49. The molecule has 1 aromatic heterocycles. The number of nitrogens with zero attached hydrogens (tertiary/aromatic N) is 2. The molecular weight excluding hydrogens is 182 g/mol. The Kier molecular flexibility index (Phi) is 2.81. The lowest BCUT2D eigenvalue weighted by atomic mass is 9.92. The third-order valence-electron chi connectivity index (χ3n) is 1.68. The minimum absolute atomic E-state index is 0.0293. The minimum atomic E-state index is 0.0293. The molecule has 0 aliphatic heterocycles. The number of hydrogen-bond donors (Lipinski definition) is 1. The fourth-order valence-corrected chi connectivity index (χ4v) is 1.30. The van der Waals surface area contributed by atoms with E-state index < -0.39 is 0 Å². The molecule has 13 heavy (non-hydrogen) atoms. The number of nitrogens with two attached hydrogens (primary N) is 1. The molecule has 0 saturated carbocycles. The molecule has 3 nitrogen and oxygen atoms in total. The van der Waals surface area contributed by atoms with Crippen LogP contribution < -0.4 is 5.73 Å². The van der Waals surface area contributed by atoms with Gasteiger partial charge in [0.2, 0.25) is 0 Å². The van der Waals surface area contributed by atoms with Crippen LogP contribution in [-0.4, -0.2) is 16.2 Å². The number of hydrogen-bond acceptors (Lipinski definition) is 4. The van der Waals surface area contributed by atoms with Crippen molar-refractivity contribution in [1.29, 1.82) is 0 Å². The Balaban J connectivity index is 3.16. The maximum atomic E-state index is 5.67. The summed E-state index contributed by atoms with van der Waals surface area (Å²) in [7, 11) is 0. The molecule has 0 spiro atoms. The van der Waals surface area contributed by atoms with E-state index in [0.29, 0.717) is 5.82 Å². The van der Waals surface area contributed by atoms with Gasteiger partial charge >= 0.3 is 0 Å². The highest BCUT2D eigenvalue weighted by atomic mass is 32.2. The van der Waals surface area contributed by atoms with Crippen molar-refractivity contribution in [2.24, 2.45) is 0 Å². The van der Waals surface area contributed by atoms with Gasteiger partial charge in [-0.1, -0.05) is 32.5 Å². The Hall–Kier alpha value is -0.770. The Morgan fingerprint density at radius 2 is 1.92 bits per heavy atom. The molecular formula is C9H15N3S. The van der Waals surface area contributed by atoms with Gasteiger partial charge in [-0.15, -0.1) is 0 Å². The van der Waals surface area contributed by atoms with E-state index in [4.69, 9.17) is 5.73 Å². The highest BCUT2D eigenvalue weighted by Gasteiger charge is 2.16. The van der Waals surface area contributed by atoms with E-state index in [1.54, 1.807) is 0 Å². The standard InChI is InChI=1S/C9H15N3S/c1-9(2,3)6-5-7(10)12-8(11-6)13-4/h5H,1-4H3,(H2,10,11,12). The van der Waals surface area contributed by atoms with E-state index in [-0.39, 0.29) is 5.41 Å². The normalized spacial score (nSPS) is 11.7. The SMILES string of the molecule is CSc1nc(N)cc(C(C)(C)C)n1. The van der Waals surface area contributed by atoms with Gasteiger partial charge in [0.05, 0.1) is 5.69 Å². The topological polar surface area (TPSA) is 51.8 Å². The monoisotopic (exact) mass is 197 g/mol. The summed E-state index contributed by atoms with van der Waals surface area (Å²) in [6.45, 7) is 6.33. The summed E-state index contributed by atoms with van der Waals surface area (Å²) in [5, 5.41) is 0.741. The van der Waals surface area contributed by atoms with Crippen LogP contribution in [0.2, 0.25) is 0 Å². The first-order valence-corrected chi connectivity index (χ1v) is 5.35. The van der Waals surface area contributed by atoms with Crippen LogP contribution in [0.4, 0.5) is 5.82 Å². The second-order valence-electron chi connectivity index (χ2n) is 3.91. The summed E-state index contributed by atoms with van der Waals surface area (Å²) < 4.78 is 0. The van der Waals surface area contributed by atoms with Crippen LogP contribution in [0.3, 0.4) is 0 Å². The fourth-order valence-electron chi connectivity index (χ4n) is 0.919. The van der Waals surface area contributed by atoms with Crippen molar-refractivity contribution in [3.05, 3.63) is 11.8 Å². The largest absolute Gasteiger partial charge is 0.384 e. The molecule has 0 bridgehead atoms. The van der Waals surface area contributed by atoms with E-state index >= 15 is 0 Å². The molecule has 1 aromatic rings. The van der Waals surface area contributed by atoms with Crippen LogP contribution in [0.15, 0.2) is 11.2 Å². The molecule has 0 unspecified atom stereocenters. The van der Waals surface area contributed by atoms with Crippen LogP contribution in [0, 0.1) is 0 Å². The van der Waals surface area contributed by atoms with Crippen molar-refractivity contribution in [3.8, 4) is 0 Å². The first kappa shape index (κ1) is 10.3. The molecule has 1 heterocycles. The molecule has 0 radical (unpaired) electrons. The van der Waals surface area contributed by atoms with Gasteiger partial charge in [-0.2, -0.15) is 0 Å². The van der Waals surface area contributed by atoms with E-state index in [0.717, 1.165) is 10.9 Å². The van der Waals surface area contributed by atoms with Crippen molar-refractivity contribution in [3.63, 3.8) is 0 Å². The lowest BCUT2D eigenvalue weighted by Crippen LogP contribution is -2.15. The van der Waals surface area contributed by atoms with Crippen LogP contribution in [0.25, 0.3) is 0 Å². The van der Waals surface area contributed by atoms with Crippen molar-refractivity contribution >= 4 is 17.6 Å². The van der Waals surface area contributed by atoms with Gasteiger partial charge in [-0.05, 0) is 6.26 Å². The van der Waals surface area contributed by atoms with E-state index in [9.17, 15) is 0 Å². The predicted octanol–water partition coefficient (Wildman–Crippen LogP) is 2.08. The lowest BCUT2D eigenvalue weighted by Gasteiger charge is -2.18. The summed E-state index contributed by atoms with van der Waals surface area (Å²) in [6, 6.07) is 1.83. The van der Waals surface area contributed by atoms with Crippen LogP contribution in [-0.2, 0) is 5.41 Å². The Morgan fingerprint density at radius 1 is 1.31 bits per heavy atom. The molecule has 72 valence electrons. The lowest BCUT2D eigenvalue weighted by molar-refractivity contribution is 0.559. The number of nitrogen functional groups attached to an aromatic ring is 1. The molecule has 0 aliphatic rings. The smallest absolute Gasteiger partial charge is 0.189 e. The van der Waals surface area contributed by atoms with Crippen LogP contribution in [0.5, 0.6) is 0 Å². The van der Waals surface area contributed by atoms with Crippen molar-refractivity contribution in [2.75, 3.05) is 12.0 Å². The summed E-state index contributed by atoms with van der Waals surface area (Å²) in [6.07, 6.45) is 1.95.